The van der Waals surface area contributed by atoms with Gasteiger partial charge in [0.05, 0.1) is 4.88 Å². The van der Waals surface area contributed by atoms with E-state index < -0.39 is 5.67 Å². The number of aromatic amines is 1. The zero-order valence-corrected chi connectivity index (χ0v) is 7.51. The highest BCUT2D eigenvalue weighted by Gasteiger charge is 2.23. The predicted molar refractivity (Wildman–Crippen MR) is 43.8 cm³/mol. The van der Waals surface area contributed by atoms with Crippen molar-refractivity contribution in [2.75, 3.05) is 0 Å². The molecular weight excluding hydrogens is 165 g/mol. The third-order valence-electron chi connectivity index (χ3n) is 1.36. The number of halogens is 1. The summed E-state index contributed by atoms with van der Waals surface area (Å²) >= 11 is 0.935. The van der Waals surface area contributed by atoms with Crippen LogP contribution in [0, 0.1) is 6.92 Å². The van der Waals surface area contributed by atoms with Crippen LogP contribution in [0.1, 0.15) is 24.4 Å². The first-order chi connectivity index (χ1) is 4.91. The van der Waals surface area contributed by atoms with Crippen molar-refractivity contribution >= 4 is 11.3 Å². The van der Waals surface area contributed by atoms with Crippen LogP contribution in [0.2, 0.25) is 0 Å². The van der Waals surface area contributed by atoms with Crippen LogP contribution < -0.4 is 4.87 Å². The Hall–Kier alpha value is -0.640. The molecule has 11 heavy (non-hydrogen) atoms. The molecule has 0 unspecified atom stereocenters. The van der Waals surface area contributed by atoms with Crippen molar-refractivity contribution in [1.82, 2.24) is 4.98 Å². The summed E-state index contributed by atoms with van der Waals surface area (Å²) in [5.41, 5.74) is -0.777. The first-order valence-corrected chi connectivity index (χ1v) is 4.12. The third kappa shape index (κ3) is 1.68. The maximum atomic E-state index is 13.2. The normalized spacial score (nSPS) is 12.0. The molecule has 0 fully saturated rings. The molecule has 0 saturated heterocycles. The molecule has 0 atom stereocenters. The first-order valence-electron chi connectivity index (χ1n) is 3.30. The number of H-pyrrole nitrogens is 1. The maximum absolute atomic E-state index is 13.2. The lowest BCUT2D eigenvalue weighted by atomic mass is 10.1. The molecule has 0 aliphatic carbocycles. The van der Waals surface area contributed by atoms with Gasteiger partial charge >= 0.3 is 4.87 Å². The largest absolute Gasteiger partial charge is 0.316 e. The van der Waals surface area contributed by atoms with Gasteiger partial charge in [-0.2, -0.15) is 0 Å². The average molecular weight is 175 g/mol. The second-order valence-corrected chi connectivity index (χ2v) is 3.92. The second kappa shape index (κ2) is 2.44. The Morgan fingerprint density at radius 2 is 2.09 bits per heavy atom. The third-order valence-corrected chi connectivity index (χ3v) is 2.65. The number of rotatable bonds is 1. The van der Waals surface area contributed by atoms with E-state index in [-0.39, 0.29) is 4.87 Å². The Balaban J connectivity index is 3.24. The van der Waals surface area contributed by atoms with E-state index >= 15 is 0 Å². The molecule has 1 aromatic rings. The zero-order chi connectivity index (χ0) is 8.65. The predicted octanol–water partition coefficient (Wildman–Crippen LogP) is 1.95. The van der Waals surface area contributed by atoms with E-state index in [0.29, 0.717) is 10.6 Å². The van der Waals surface area contributed by atoms with Crippen molar-refractivity contribution in [2.24, 2.45) is 0 Å². The Morgan fingerprint density at radius 1 is 1.55 bits per heavy atom. The van der Waals surface area contributed by atoms with Crippen molar-refractivity contribution in [2.45, 2.75) is 26.4 Å². The lowest BCUT2D eigenvalue weighted by Gasteiger charge is -2.11. The zero-order valence-electron chi connectivity index (χ0n) is 6.69. The van der Waals surface area contributed by atoms with Gasteiger partial charge in [0.1, 0.15) is 5.67 Å². The van der Waals surface area contributed by atoms with E-state index in [1.165, 1.54) is 13.8 Å². The van der Waals surface area contributed by atoms with Gasteiger partial charge < -0.3 is 4.98 Å². The summed E-state index contributed by atoms with van der Waals surface area (Å²) in [6.07, 6.45) is 0. The van der Waals surface area contributed by atoms with Crippen LogP contribution >= 0.6 is 11.3 Å². The minimum Gasteiger partial charge on any atom is -0.316 e. The molecule has 1 heterocycles. The van der Waals surface area contributed by atoms with Crippen LogP contribution in [0.25, 0.3) is 0 Å². The van der Waals surface area contributed by atoms with E-state index in [4.69, 9.17) is 0 Å². The SMILES string of the molecule is Cc1[nH]c(=O)sc1C(C)(C)F. The quantitative estimate of drug-likeness (QED) is 0.695. The Bertz CT molecular complexity index is 307. The summed E-state index contributed by atoms with van der Waals surface area (Å²) in [6.45, 7) is 4.59. The van der Waals surface area contributed by atoms with Crippen molar-refractivity contribution < 1.29 is 4.39 Å². The average Bonchev–Trinajstić information content (AvgIpc) is 2.08. The fourth-order valence-corrected chi connectivity index (χ4v) is 1.81. The first kappa shape index (κ1) is 8.46. The van der Waals surface area contributed by atoms with Gasteiger partial charge in [0.15, 0.2) is 0 Å². The molecule has 1 rings (SSSR count). The lowest BCUT2D eigenvalue weighted by Crippen LogP contribution is -2.07. The molecule has 4 heteroatoms. The fraction of sp³-hybridized carbons (Fsp3) is 0.571. The number of aromatic nitrogens is 1. The topological polar surface area (TPSA) is 32.9 Å². The van der Waals surface area contributed by atoms with Crippen molar-refractivity contribution in [3.63, 3.8) is 0 Å². The van der Waals surface area contributed by atoms with Gasteiger partial charge in [-0.3, -0.25) is 4.79 Å². The minimum absolute atomic E-state index is 0.191. The van der Waals surface area contributed by atoms with Crippen LogP contribution in [0.3, 0.4) is 0 Å². The highest BCUT2D eigenvalue weighted by atomic mass is 32.1. The monoisotopic (exact) mass is 175 g/mol. The van der Waals surface area contributed by atoms with Crippen LogP contribution in [0.4, 0.5) is 4.39 Å². The Morgan fingerprint density at radius 3 is 2.27 bits per heavy atom. The van der Waals surface area contributed by atoms with E-state index in [2.05, 4.69) is 4.98 Å². The van der Waals surface area contributed by atoms with Gasteiger partial charge in [-0.05, 0) is 20.8 Å². The van der Waals surface area contributed by atoms with Crippen LogP contribution in [-0.4, -0.2) is 4.98 Å². The maximum Gasteiger partial charge on any atom is 0.305 e. The molecule has 0 spiro atoms. The van der Waals surface area contributed by atoms with Crippen molar-refractivity contribution in [3.8, 4) is 0 Å². The standard InChI is InChI=1S/C7H10FNOS/c1-4-5(7(2,3)8)11-6(10)9-4/h1-3H3,(H,9,10). The molecule has 1 aromatic heterocycles. The summed E-state index contributed by atoms with van der Waals surface area (Å²) in [5.74, 6) is 0. The molecule has 0 aliphatic rings. The summed E-state index contributed by atoms with van der Waals surface area (Å²) in [7, 11) is 0. The summed E-state index contributed by atoms with van der Waals surface area (Å²) in [5, 5.41) is 0. The van der Waals surface area contributed by atoms with E-state index in [9.17, 15) is 9.18 Å². The molecule has 0 aliphatic heterocycles. The number of hydrogen-bond donors (Lipinski definition) is 1. The van der Waals surface area contributed by atoms with Gasteiger partial charge in [-0.15, -0.1) is 0 Å². The Kier molecular flexibility index (Phi) is 1.88. The van der Waals surface area contributed by atoms with Crippen LogP contribution in [0.15, 0.2) is 4.79 Å². The molecular formula is C7H10FNOS. The highest BCUT2D eigenvalue weighted by molar-refractivity contribution is 7.09. The second-order valence-electron chi connectivity index (χ2n) is 2.94. The van der Waals surface area contributed by atoms with Crippen molar-refractivity contribution in [1.29, 1.82) is 0 Å². The van der Waals surface area contributed by atoms with Crippen LogP contribution in [0.5, 0.6) is 0 Å². The molecule has 0 aromatic carbocycles. The smallest absolute Gasteiger partial charge is 0.305 e. The molecule has 0 amide bonds. The fourth-order valence-electron chi connectivity index (χ4n) is 0.972. The molecule has 0 radical (unpaired) electrons. The summed E-state index contributed by atoms with van der Waals surface area (Å²) < 4.78 is 13.2. The highest BCUT2D eigenvalue weighted by Crippen LogP contribution is 2.28. The van der Waals surface area contributed by atoms with E-state index in [1.807, 2.05) is 0 Å². The van der Waals surface area contributed by atoms with Gasteiger partial charge in [0.25, 0.3) is 0 Å². The molecule has 1 N–H and O–H groups in total. The van der Waals surface area contributed by atoms with Crippen LogP contribution in [-0.2, 0) is 5.67 Å². The minimum atomic E-state index is -1.41. The number of alkyl halides is 1. The van der Waals surface area contributed by atoms with Gasteiger partial charge in [-0.25, -0.2) is 4.39 Å². The van der Waals surface area contributed by atoms with Gasteiger partial charge in [0, 0.05) is 5.69 Å². The number of nitrogens with one attached hydrogen (secondary N) is 1. The molecule has 62 valence electrons. The molecule has 0 saturated carbocycles. The molecule has 2 nitrogen and oxygen atoms in total. The number of aryl methyl sites for hydroxylation is 1. The van der Waals surface area contributed by atoms with E-state index in [0.717, 1.165) is 11.3 Å². The van der Waals surface area contributed by atoms with Crippen molar-refractivity contribution in [3.05, 3.63) is 20.2 Å². The van der Waals surface area contributed by atoms with Gasteiger partial charge in [0.2, 0.25) is 0 Å². The number of thiazole rings is 1. The lowest BCUT2D eigenvalue weighted by molar-refractivity contribution is 0.225. The molecule has 0 bridgehead atoms. The van der Waals surface area contributed by atoms with E-state index in [1.54, 1.807) is 6.92 Å². The summed E-state index contributed by atoms with van der Waals surface area (Å²) in [4.78, 5) is 13.6. The van der Waals surface area contributed by atoms with Gasteiger partial charge in [-0.1, -0.05) is 11.3 Å². The number of hydrogen-bond acceptors (Lipinski definition) is 2. The summed E-state index contributed by atoms with van der Waals surface area (Å²) in [6, 6.07) is 0. The Labute approximate surface area is 68.1 Å².